The van der Waals surface area contributed by atoms with Gasteiger partial charge < -0.3 is 14.0 Å². The fraction of sp³-hybridized carbons (Fsp3) is 0.609. The topological polar surface area (TPSA) is 40.6 Å². The van der Waals surface area contributed by atoms with E-state index in [9.17, 15) is 0 Å². The van der Waals surface area contributed by atoms with Crippen molar-refractivity contribution in [1.29, 1.82) is 0 Å². The molecule has 0 aliphatic carbocycles. The van der Waals surface area contributed by atoms with Gasteiger partial charge in [0.1, 0.15) is 5.75 Å². The van der Waals surface area contributed by atoms with Gasteiger partial charge >= 0.3 is 7.12 Å². The summed E-state index contributed by atoms with van der Waals surface area (Å²) in [6, 6.07) is 10.1. The molecular formula is C23H36BNO3Si. The molecule has 0 atom stereocenters. The Balaban J connectivity index is 2.31. The number of nitrogens with zero attached hydrogens (tertiary/aromatic N) is 1. The molecule has 0 spiro atoms. The number of fused-ring (bicyclic) bond motifs is 1. The van der Waals surface area contributed by atoms with E-state index in [1.807, 2.05) is 0 Å². The number of rotatable bonds is 6. The molecule has 1 aromatic heterocycles. The first-order valence-electron chi connectivity index (χ1n) is 10.9. The second-order valence-electron chi connectivity index (χ2n) is 9.35. The second-order valence-corrected chi connectivity index (χ2v) is 14.6. The van der Waals surface area contributed by atoms with Crippen LogP contribution < -0.4 is 15.4 Å². The van der Waals surface area contributed by atoms with Crippen molar-refractivity contribution in [1.82, 2.24) is 4.98 Å². The first-order chi connectivity index (χ1) is 13.5. The van der Waals surface area contributed by atoms with E-state index in [2.05, 4.69) is 73.6 Å². The molecule has 2 heterocycles. The Morgan fingerprint density at radius 2 is 1.52 bits per heavy atom. The van der Waals surface area contributed by atoms with Crippen LogP contribution in [0.3, 0.4) is 0 Å². The molecule has 0 N–H and O–H groups in total. The molecule has 0 unspecified atom stereocenters. The predicted octanol–water partition coefficient (Wildman–Crippen LogP) is 4.57. The van der Waals surface area contributed by atoms with Crippen molar-refractivity contribution in [3.63, 3.8) is 0 Å². The maximum absolute atomic E-state index is 6.41. The first kappa shape index (κ1) is 22.3. The standard InChI is InChI=1S/C23H36BNO3Si/c1-10-29(11-2,12-3)20-15-17(26-9)14-18-19(13-16(4)25-21(18)20)24-27-22(5,6)23(7,8)28-24/h13-15H,10-12H2,1-9H3. The fourth-order valence-electron chi connectivity index (χ4n) is 4.47. The average Bonchev–Trinajstić information content (AvgIpc) is 2.90. The van der Waals surface area contributed by atoms with Crippen LogP contribution in [0.25, 0.3) is 10.9 Å². The Labute approximate surface area is 177 Å². The third-order valence-corrected chi connectivity index (χ3v) is 13.0. The monoisotopic (exact) mass is 413 g/mol. The van der Waals surface area contributed by atoms with Gasteiger partial charge in [-0.1, -0.05) is 38.9 Å². The third kappa shape index (κ3) is 3.64. The highest BCUT2D eigenvalue weighted by Gasteiger charge is 2.52. The Hall–Kier alpha value is -1.37. The highest BCUT2D eigenvalue weighted by Crippen LogP contribution is 2.37. The second kappa shape index (κ2) is 7.71. The maximum atomic E-state index is 6.41. The molecule has 29 heavy (non-hydrogen) atoms. The van der Waals surface area contributed by atoms with Crippen LogP contribution >= 0.6 is 0 Å². The van der Waals surface area contributed by atoms with Gasteiger partial charge in [0.2, 0.25) is 0 Å². The minimum atomic E-state index is -1.67. The van der Waals surface area contributed by atoms with Crippen molar-refractivity contribution in [2.24, 2.45) is 0 Å². The van der Waals surface area contributed by atoms with E-state index in [0.717, 1.165) is 27.8 Å². The van der Waals surface area contributed by atoms with E-state index in [0.29, 0.717) is 0 Å². The van der Waals surface area contributed by atoms with Crippen LogP contribution in [-0.2, 0) is 9.31 Å². The van der Waals surface area contributed by atoms with E-state index in [4.69, 9.17) is 19.0 Å². The lowest BCUT2D eigenvalue weighted by Crippen LogP contribution is -2.47. The summed E-state index contributed by atoms with van der Waals surface area (Å²) in [7, 11) is -0.340. The van der Waals surface area contributed by atoms with Crippen molar-refractivity contribution in [2.75, 3.05) is 7.11 Å². The number of aryl methyl sites for hydroxylation is 1. The number of benzene rings is 1. The Morgan fingerprint density at radius 3 is 2.00 bits per heavy atom. The summed E-state index contributed by atoms with van der Waals surface area (Å²) in [5.41, 5.74) is 2.40. The summed E-state index contributed by atoms with van der Waals surface area (Å²) in [4.78, 5) is 5.03. The van der Waals surface area contributed by atoms with Crippen LogP contribution in [0.4, 0.5) is 0 Å². The van der Waals surface area contributed by atoms with E-state index in [1.165, 1.54) is 23.3 Å². The third-order valence-electron chi connectivity index (χ3n) is 7.39. The van der Waals surface area contributed by atoms with Crippen LogP contribution in [0.15, 0.2) is 18.2 Å². The quantitative estimate of drug-likeness (QED) is 0.651. The minimum Gasteiger partial charge on any atom is -0.497 e. The molecule has 3 rings (SSSR count). The minimum absolute atomic E-state index is 0.377. The Bertz CT molecular complexity index is 884. The summed E-state index contributed by atoms with van der Waals surface area (Å²) in [6.07, 6.45) is 0. The smallest absolute Gasteiger partial charge is 0.495 e. The maximum Gasteiger partial charge on any atom is 0.495 e. The molecule has 1 saturated heterocycles. The van der Waals surface area contributed by atoms with Crippen molar-refractivity contribution >= 4 is 36.7 Å². The summed E-state index contributed by atoms with van der Waals surface area (Å²) in [6.45, 7) is 17.4. The molecule has 1 fully saturated rings. The van der Waals surface area contributed by atoms with Crippen molar-refractivity contribution in [3.8, 4) is 5.75 Å². The molecule has 1 aliphatic rings. The van der Waals surface area contributed by atoms with Crippen LogP contribution in [0.5, 0.6) is 5.75 Å². The van der Waals surface area contributed by atoms with E-state index in [1.54, 1.807) is 7.11 Å². The summed E-state index contributed by atoms with van der Waals surface area (Å²) in [5, 5.41) is 2.50. The van der Waals surface area contributed by atoms with Gasteiger partial charge in [0, 0.05) is 11.1 Å². The molecule has 1 aromatic carbocycles. The lowest BCUT2D eigenvalue weighted by Gasteiger charge is -2.32. The van der Waals surface area contributed by atoms with Crippen molar-refractivity contribution in [2.45, 2.75) is 84.7 Å². The lowest BCUT2D eigenvalue weighted by molar-refractivity contribution is 0.00578. The zero-order chi connectivity index (χ0) is 21.6. The van der Waals surface area contributed by atoms with Gasteiger partial charge in [-0.15, -0.1) is 0 Å². The first-order valence-corrected chi connectivity index (χ1v) is 13.5. The summed E-state index contributed by atoms with van der Waals surface area (Å²) >= 11 is 0. The predicted molar refractivity (Wildman–Crippen MR) is 126 cm³/mol. The molecular weight excluding hydrogens is 377 g/mol. The van der Waals surface area contributed by atoms with Gasteiger partial charge in [0.15, 0.2) is 0 Å². The average molecular weight is 413 g/mol. The number of aromatic nitrogens is 1. The molecule has 6 heteroatoms. The van der Waals surface area contributed by atoms with Gasteiger partial charge in [-0.2, -0.15) is 0 Å². The van der Waals surface area contributed by atoms with Crippen LogP contribution in [0, 0.1) is 6.92 Å². The number of ether oxygens (including phenoxy) is 1. The van der Waals surface area contributed by atoms with Crippen molar-refractivity contribution in [3.05, 3.63) is 23.9 Å². The number of hydrogen-bond donors (Lipinski definition) is 0. The van der Waals surface area contributed by atoms with E-state index < -0.39 is 15.2 Å². The summed E-state index contributed by atoms with van der Waals surface area (Å²) < 4.78 is 18.6. The van der Waals surface area contributed by atoms with Crippen molar-refractivity contribution < 1.29 is 14.0 Å². The van der Waals surface area contributed by atoms with E-state index in [-0.39, 0.29) is 11.2 Å². The molecule has 1 aliphatic heterocycles. The summed E-state index contributed by atoms with van der Waals surface area (Å²) in [5.74, 6) is 0.892. The molecule has 4 nitrogen and oxygen atoms in total. The zero-order valence-corrected chi connectivity index (χ0v) is 20.6. The van der Waals surface area contributed by atoms with Gasteiger partial charge in [0.25, 0.3) is 0 Å². The molecule has 0 saturated carbocycles. The molecule has 158 valence electrons. The molecule has 0 radical (unpaired) electrons. The van der Waals surface area contributed by atoms with Crippen LogP contribution in [0.1, 0.15) is 54.2 Å². The highest BCUT2D eigenvalue weighted by molar-refractivity contribution is 6.93. The largest absolute Gasteiger partial charge is 0.497 e. The van der Waals surface area contributed by atoms with E-state index >= 15 is 0 Å². The SMILES string of the molecule is CC[Si](CC)(CC)c1cc(OC)cc2c(B3OC(C)(C)C(C)(C)O3)cc(C)nc12. The van der Waals surface area contributed by atoms with Gasteiger partial charge in [-0.05, 0) is 63.5 Å². The Kier molecular flexibility index (Phi) is 5.94. The number of hydrogen-bond acceptors (Lipinski definition) is 4. The molecule has 0 bridgehead atoms. The van der Waals surface area contributed by atoms with Gasteiger partial charge in [0.05, 0.1) is 31.9 Å². The Morgan fingerprint density at radius 1 is 0.966 bits per heavy atom. The molecule has 2 aromatic rings. The van der Waals surface area contributed by atoms with Gasteiger partial charge in [-0.25, -0.2) is 0 Å². The fourth-order valence-corrected chi connectivity index (χ4v) is 8.25. The number of pyridine rings is 1. The van der Waals surface area contributed by atoms with Crippen LogP contribution in [-0.4, -0.2) is 38.5 Å². The highest BCUT2D eigenvalue weighted by atomic mass is 28.3. The van der Waals surface area contributed by atoms with Gasteiger partial charge in [-0.3, -0.25) is 4.98 Å². The zero-order valence-electron chi connectivity index (χ0n) is 19.6. The lowest BCUT2D eigenvalue weighted by atomic mass is 9.76. The normalized spacial score (nSPS) is 18.4. The molecule has 0 amide bonds. The number of methoxy groups -OCH3 is 1. The van der Waals surface area contributed by atoms with Crippen LogP contribution in [0.2, 0.25) is 18.1 Å².